The van der Waals surface area contributed by atoms with Crippen LogP contribution in [0, 0.1) is 13.8 Å². The average molecular weight is 391 g/mol. The number of carbonyl (C=O) groups is 1. The van der Waals surface area contributed by atoms with Crippen LogP contribution >= 0.6 is 11.6 Å². The van der Waals surface area contributed by atoms with E-state index in [0.717, 1.165) is 39.5 Å². The van der Waals surface area contributed by atoms with E-state index in [2.05, 4.69) is 33.7 Å². The first kappa shape index (κ1) is 18.2. The molecule has 0 aliphatic carbocycles. The molecule has 0 saturated carbocycles. The Labute approximate surface area is 168 Å². The Balaban J connectivity index is 1.83. The van der Waals surface area contributed by atoms with E-state index in [-0.39, 0.29) is 5.78 Å². The van der Waals surface area contributed by atoms with Crippen molar-refractivity contribution in [1.29, 1.82) is 0 Å². The van der Waals surface area contributed by atoms with Crippen molar-refractivity contribution in [2.24, 2.45) is 0 Å². The van der Waals surface area contributed by atoms with Crippen LogP contribution in [0.4, 0.5) is 11.5 Å². The summed E-state index contributed by atoms with van der Waals surface area (Å²) in [6.07, 6.45) is 1.55. The van der Waals surface area contributed by atoms with Gasteiger partial charge in [0.1, 0.15) is 12.1 Å². The predicted molar refractivity (Wildman–Crippen MR) is 113 cm³/mol. The number of aryl methyl sites for hydroxylation is 1. The Kier molecular flexibility index (Phi) is 4.61. The zero-order valence-electron chi connectivity index (χ0n) is 15.8. The van der Waals surface area contributed by atoms with E-state index in [9.17, 15) is 4.79 Å². The summed E-state index contributed by atoms with van der Waals surface area (Å²) in [5.74, 6) is 0.767. The average Bonchev–Trinajstić information content (AvgIpc) is 2.94. The van der Waals surface area contributed by atoms with Crippen LogP contribution in [0.25, 0.3) is 16.7 Å². The Hall–Kier alpha value is -3.18. The number of ketones is 1. The minimum atomic E-state index is 0.0426. The molecule has 0 aliphatic heterocycles. The summed E-state index contributed by atoms with van der Waals surface area (Å²) >= 11 is 6.20. The molecular weight excluding hydrogens is 372 g/mol. The molecule has 0 fully saturated rings. The maximum absolute atomic E-state index is 11.5. The second kappa shape index (κ2) is 7.09. The first-order chi connectivity index (χ1) is 13.5. The number of rotatable bonds is 4. The molecule has 4 rings (SSSR count). The lowest BCUT2D eigenvalue weighted by atomic mass is 10.1. The number of hydrogen-bond donors (Lipinski definition) is 1. The van der Waals surface area contributed by atoms with Crippen molar-refractivity contribution >= 4 is 39.9 Å². The third-order valence-corrected chi connectivity index (χ3v) is 5.15. The largest absolute Gasteiger partial charge is 0.340 e. The van der Waals surface area contributed by atoms with Gasteiger partial charge < -0.3 is 5.32 Å². The fourth-order valence-electron chi connectivity index (χ4n) is 3.35. The molecule has 0 amide bonds. The number of Topliss-reactive ketones (excluding diaryl/α,β-unsaturated/α-hetero) is 1. The van der Waals surface area contributed by atoms with Gasteiger partial charge in [-0.25, -0.2) is 9.97 Å². The van der Waals surface area contributed by atoms with Crippen LogP contribution in [0.5, 0.6) is 0 Å². The highest BCUT2D eigenvalue weighted by Gasteiger charge is 2.18. The minimum absolute atomic E-state index is 0.0426. The lowest BCUT2D eigenvalue weighted by Crippen LogP contribution is -2.00. The van der Waals surface area contributed by atoms with E-state index in [4.69, 9.17) is 11.6 Å². The molecule has 0 radical (unpaired) electrons. The summed E-state index contributed by atoms with van der Waals surface area (Å²) in [6.45, 7) is 5.68. The zero-order chi connectivity index (χ0) is 19.8. The summed E-state index contributed by atoms with van der Waals surface area (Å²) in [6, 6.07) is 15.1. The number of anilines is 2. The maximum atomic E-state index is 11.5. The smallest absolute Gasteiger partial charge is 0.159 e. The van der Waals surface area contributed by atoms with Crippen LogP contribution in [0.15, 0.2) is 54.9 Å². The van der Waals surface area contributed by atoms with Gasteiger partial charge in [-0.3, -0.25) is 9.36 Å². The number of fused-ring (bicyclic) bond motifs is 1. The Bertz CT molecular complexity index is 1200. The van der Waals surface area contributed by atoms with Crippen molar-refractivity contribution in [2.45, 2.75) is 20.8 Å². The normalized spacial score (nSPS) is 11.0. The third kappa shape index (κ3) is 3.14. The van der Waals surface area contributed by atoms with Crippen LogP contribution in [0.3, 0.4) is 0 Å². The van der Waals surface area contributed by atoms with Crippen molar-refractivity contribution in [2.75, 3.05) is 5.32 Å². The second-order valence-corrected chi connectivity index (χ2v) is 7.14. The first-order valence-electron chi connectivity index (χ1n) is 8.92. The van der Waals surface area contributed by atoms with Crippen molar-refractivity contribution in [3.05, 3.63) is 76.7 Å². The number of benzene rings is 2. The van der Waals surface area contributed by atoms with Gasteiger partial charge in [0.05, 0.1) is 5.39 Å². The topological polar surface area (TPSA) is 59.8 Å². The highest BCUT2D eigenvalue weighted by molar-refractivity contribution is 6.30. The molecule has 0 bridgehead atoms. The summed E-state index contributed by atoms with van der Waals surface area (Å²) in [4.78, 5) is 20.5. The number of carbonyl (C=O) groups excluding carboxylic acids is 1. The van der Waals surface area contributed by atoms with E-state index in [0.29, 0.717) is 10.6 Å². The van der Waals surface area contributed by atoms with E-state index in [1.165, 1.54) is 0 Å². The molecule has 2 aromatic heterocycles. The summed E-state index contributed by atoms with van der Waals surface area (Å²) in [5.41, 5.74) is 5.48. The van der Waals surface area contributed by atoms with Crippen LogP contribution in [-0.4, -0.2) is 20.3 Å². The number of nitrogens with one attached hydrogen (secondary N) is 1. The van der Waals surface area contributed by atoms with Crippen molar-refractivity contribution in [3.8, 4) is 5.69 Å². The van der Waals surface area contributed by atoms with Crippen LogP contribution in [0.2, 0.25) is 5.02 Å². The lowest BCUT2D eigenvalue weighted by Gasteiger charge is -2.09. The molecule has 2 aromatic carbocycles. The summed E-state index contributed by atoms with van der Waals surface area (Å²) in [7, 11) is 0. The Morgan fingerprint density at radius 3 is 2.50 bits per heavy atom. The molecule has 0 aliphatic rings. The van der Waals surface area contributed by atoms with Gasteiger partial charge in [0, 0.05) is 27.7 Å². The molecule has 5 nitrogen and oxygen atoms in total. The van der Waals surface area contributed by atoms with Crippen molar-refractivity contribution < 1.29 is 4.79 Å². The van der Waals surface area contributed by atoms with Crippen LogP contribution in [-0.2, 0) is 0 Å². The van der Waals surface area contributed by atoms with Gasteiger partial charge in [0.15, 0.2) is 11.4 Å². The van der Waals surface area contributed by atoms with E-state index in [1.54, 1.807) is 25.4 Å². The first-order valence-corrected chi connectivity index (χ1v) is 9.30. The monoisotopic (exact) mass is 390 g/mol. The van der Waals surface area contributed by atoms with E-state index in [1.807, 2.05) is 36.4 Å². The van der Waals surface area contributed by atoms with E-state index >= 15 is 0 Å². The minimum Gasteiger partial charge on any atom is -0.340 e. The molecule has 0 spiro atoms. The Morgan fingerprint density at radius 1 is 1.07 bits per heavy atom. The molecule has 28 heavy (non-hydrogen) atoms. The molecule has 140 valence electrons. The molecule has 0 atom stereocenters. The van der Waals surface area contributed by atoms with E-state index < -0.39 is 0 Å². The predicted octanol–water partition coefficient (Wildman–Crippen LogP) is 5.64. The fourth-order valence-corrected chi connectivity index (χ4v) is 3.53. The highest BCUT2D eigenvalue weighted by atomic mass is 35.5. The lowest BCUT2D eigenvalue weighted by molar-refractivity contribution is 0.101. The molecule has 2 heterocycles. The SMILES string of the molecule is CC(=O)c1ccc(Nc2ncnc3c2c(C)c(C)n3-c2cccc(Cl)c2)cc1. The van der Waals surface area contributed by atoms with Crippen LogP contribution in [0.1, 0.15) is 28.5 Å². The van der Waals surface area contributed by atoms with Gasteiger partial charge in [0.25, 0.3) is 0 Å². The zero-order valence-corrected chi connectivity index (χ0v) is 16.6. The molecule has 6 heteroatoms. The molecule has 0 unspecified atom stereocenters. The van der Waals surface area contributed by atoms with Gasteiger partial charge >= 0.3 is 0 Å². The molecule has 4 aromatic rings. The number of aromatic nitrogens is 3. The van der Waals surface area contributed by atoms with Gasteiger partial charge in [-0.1, -0.05) is 17.7 Å². The van der Waals surface area contributed by atoms with Crippen molar-refractivity contribution in [1.82, 2.24) is 14.5 Å². The third-order valence-electron chi connectivity index (χ3n) is 4.91. The number of nitrogens with zero attached hydrogens (tertiary/aromatic N) is 3. The van der Waals surface area contributed by atoms with Crippen molar-refractivity contribution in [3.63, 3.8) is 0 Å². The molecule has 1 N–H and O–H groups in total. The quantitative estimate of drug-likeness (QED) is 0.458. The van der Waals surface area contributed by atoms with Gasteiger partial charge in [-0.15, -0.1) is 0 Å². The van der Waals surface area contributed by atoms with Gasteiger partial charge in [-0.2, -0.15) is 0 Å². The molecule has 0 saturated heterocycles. The maximum Gasteiger partial charge on any atom is 0.159 e. The number of halogens is 1. The van der Waals surface area contributed by atoms with Gasteiger partial charge in [-0.05, 0) is 68.8 Å². The Morgan fingerprint density at radius 2 is 1.82 bits per heavy atom. The van der Waals surface area contributed by atoms with Crippen LogP contribution < -0.4 is 5.32 Å². The summed E-state index contributed by atoms with van der Waals surface area (Å²) < 4.78 is 2.09. The standard InChI is InChI=1S/C22H19ClN4O/c1-13-14(2)27(19-6-4-5-17(23)11-19)22-20(13)21(24-12-25-22)26-18-9-7-16(8-10-18)15(3)28/h4-12H,1-3H3,(H,24,25,26). The highest BCUT2D eigenvalue weighted by Crippen LogP contribution is 2.33. The fraction of sp³-hybridized carbons (Fsp3) is 0.136. The number of hydrogen-bond acceptors (Lipinski definition) is 4. The molecular formula is C22H19ClN4O. The van der Waals surface area contributed by atoms with Gasteiger partial charge in [0.2, 0.25) is 0 Å². The summed E-state index contributed by atoms with van der Waals surface area (Å²) in [5, 5.41) is 4.99. The second-order valence-electron chi connectivity index (χ2n) is 6.71.